The second-order valence-electron chi connectivity index (χ2n) is 10.7. The van der Waals surface area contributed by atoms with Gasteiger partial charge in [-0.05, 0) is 50.2 Å². The summed E-state index contributed by atoms with van der Waals surface area (Å²) >= 11 is 0. The fourth-order valence-corrected chi connectivity index (χ4v) is 5.13. The predicted octanol–water partition coefficient (Wildman–Crippen LogP) is 3.59. The molecule has 2 N–H and O–H groups in total. The molecule has 0 unspecified atom stereocenters. The molecule has 238 valence electrons. The molecule has 0 aliphatic carbocycles. The largest absolute Gasteiger partial charge is 0.459 e. The number of hydrogen-bond acceptors (Lipinski definition) is 12. The Balaban J connectivity index is 1.45. The monoisotopic (exact) mass is 635 g/mol. The van der Waals surface area contributed by atoms with E-state index < -0.39 is 54.7 Å². The van der Waals surface area contributed by atoms with E-state index >= 15 is 0 Å². The van der Waals surface area contributed by atoms with Gasteiger partial charge in [-0.1, -0.05) is 54.6 Å². The second-order valence-corrected chi connectivity index (χ2v) is 10.7. The summed E-state index contributed by atoms with van der Waals surface area (Å²) in [6.45, 7) is 2.99. The first kappa shape index (κ1) is 31.0. The van der Waals surface area contributed by atoms with E-state index in [4.69, 9.17) is 24.7 Å². The molecule has 13 nitrogen and oxygen atoms in total. The van der Waals surface area contributed by atoms with E-state index in [0.717, 1.165) is 4.57 Å². The van der Waals surface area contributed by atoms with Crippen molar-refractivity contribution in [1.82, 2.24) is 19.5 Å². The molecule has 0 bridgehead atoms. The number of rotatable bonds is 8. The number of benzene rings is 3. The number of nitrogens with zero attached hydrogens (tertiary/aromatic N) is 4. The molecule has 5 aromatic rings. The predicted molar refractivity (Wildman–Crippen MR) is 167 cm³/mol. The molecule has 13 heteroatoms. The first-order chi connectivity index (χ1) is 22.7. The maximum atomic E-state index is 13.5. The molecule has 1 saturated heterocycles. The summed E-state index contributed by atoms with van der Waals surface area (Å²) in [5.41, 5.74) is 7.03. The van der Waals surface area contributed by atoms with Gasteiger partial charge in [0.25, 0.3) is 0 Å². The average molecular weight is 636 g/mol. The summed E-state index contributed by atoms with van der Waals surface area (Å²) in [7, 11) is 0. The second kappa shape index (κ2) is 13.2. The van der Waals surface area contributed by atoms with Crippen molar-refractivity contribution in [3.05, 3.63) is 130 Å². The van der Waals surface area contributed by atoms with Gasteiger partial charge in [-0.3, -0.25) is 0 Å². The fourth-order valence-electron chi connectivity index (χ4n) is 5.13. The molecule has 3 aromatic carbocycles. The van der Waals surface area contributed by atoms with Gasteiger partial charge in [-0.15, -0.1) is 0 Å². The highest BCUT2D eigenvalue weighted by molar-refractivity contribution is 5.91. The van der Waals surface area contributed by atoms with E-state index in [9.17, 15) is 19.2 Å². The minimum absolute atomic E-state index is 0.00595. The van der Waals surface area contributed by atoms with Crippen LogP contribution in [0.1, 0.15) is 48.7 Å². The Morgan fingerprint density at radius 3 is 1.77 bits per heavy atom. The van der Waals surface area contributed by atoms with Crippen LogP contribution in [0.2, 0.25) is 0 Å². The molecule has 1 fully saturated rings. The van der Waals surface area contributed by atoms with Crippen LogP contribution in [0, 0.1) is 13.8 Å². The Bertz CT molecular complexity index is 2000. The number of carbonyl (C=O) groups excluding carboxylic acids is 3. The van der Waals surface area contributed by atoms with Crippen LogP contribution >= 0.6 is 0 Å². The molecule has 3 heterocycles. The van der Waals surface area contributed by atoms with Crippen LogP contribution in [0.4, 0.5) is 5.82 Å². The number of fused-ring (bicyclic) bond motifs is 1. The number of esters is 3. The average Bonchev–Trinajstić information content (AvgIpc) is 3.41. The van der Waals surface area contributed by atoms with E-state index in [1.165, 1.54) is 0 Å². The number of aryl methyl sites for hydroxylation is 2. The van der Waals surface area contributed by atoms with Gasteiger partial charge < -0.3 is 24.7 Å². The highest BCUT2D eigenvalue weighted by atomic mass is 16.7. The van der Waals surface area contributed by atoms with Crippen LogP contribution in [0.15, 0.2) is 95.8 Å². The van der Waals surface area contributed by atoms with Gasteiger partial charge in [0, 0.05) is 0 Å². The van der Waals surface area contributed by atoms with Crippen molar-refractivity contribution >= 4 is 34.9 Å². The maximum Gasteiger partial charge on any atom is 0.353 e. The van der Waals surface area contributed by atoms with Crippen molar-refractivity contribution in [2.75, 3.05) is 12.3 Å². The molecule has 0 amide bonds. The van der Waals surface area contributed by atoms with E-state index in [2.05, 4.69) is 15.0 Å². The number of nitrogens with two attached hydrogens (primary N) is 1. The third-order valence-electron chi connectivity index (χ3n) is 7.61. The quantitative estimate of drug-likeness (QED) is 0.194. The molecule has 0 spiro atoms. The minimum atomic E-state index is -1.46. The number of anilines is 1. The fraction of sp³-hybridized carbons (Fsp3) is 0.206. The van der Waals surface area contributed by atoms with E-state index in [1.807, 2.05) is 0 Å². The highest BCUT2D eigenvalue weighted by Crippen LogP contribution is 2.36. The van der Waals surface area contributed by atoms with Gasteiger partial charge in [0.15, 0.2) is 29.9 Å². The third-order valence-corrected chi connectivity index (χ3v) is 7.61. The van der Waals surface area contributed by atoms with Gasteiger partial charge in [-0.25, -0.2) is 33.7 Å². The molecule has 0 saturated carbocycles. The van der Waals surface area contributed by atoms with Crippen LogP contribution in [0.25, 0.3) is 11.2 Å². The lowest BCUT2D eigenvalue weighted by Crippen LogP contribution is -2.42. The molecule has 47 heavy (non-hydrogen) atoms. The number of hydrogen-bond donors (Lipinski definition) is 1. The summed E-state index contributed by atoms with van der Waals surface area (Å²) in [6.07, 6.45) is -5.50. The maximum absolute atomic E-state index is 13.5. The third kappa shape index (κ3) is 6.42. The Hall–Kier alpha value is -5.95. The molecule has 0 radical (unpaired) electrons. The smallest absolute Gasteiger partial charge is 0.353 e. The summed E-state index contributed by atoms with van der Waals surface area (Å²) in [6, 6.07) is 24.5. The van der Waals surface area contributed by atoms with Gasteiger partial charge in [0.2, 0.25) is 0 Å². The Kier molecular flexibility index (Phi) is 8.71. The van der Waals surface area contributed by atoms with Crippen LogP contribution in [-0.2, 0) is 18.9 Å². The van der Waals surface area contributed by atoms with E-state index in [0.29, 0.717) is 11.4 Å². The topological polar surface area (TPSA) is 175 Å². The zero-order valence-electron chi connectivity index (χ0n) is 25.3. The lowest BCUT2D eigenvalue weighted by Gasteiger charge is -2.25. The highest BCUT2D eigenvalue weighted by Gasteiger charge is 2.52. The number of ether oxygens (including phenoxy) is 4. The summed E-state index contributed by atoms with van der Waals surface area (Å²) in [5.74, 6) is -2.38. The number of carbonyl (C=O) groups is 3. The van der Waals surface area contributed by atoms with E-state index in [-0.39, 0.29) is 33.7 Å². The van der Waals surface area contributed by atoms with Crippen molar-refractivity contribution in [3.8, 4) is 0 Å². The van der Waals surface area contributed by atoms with Gasteiger partial charge in [-0.2, -0.15) is 4.98 Å². The Morgan fingerprint density at radius 1 is 0.723 bits per heavy atom. The van der Waals surface area contributed by atoms with Crippen LogP contribution in [0.5, 0.6) is 0 Å². The zero-order chi connectivity index (χ0) is 33.1. The zero-order valence-corrected chi connectivity index (χ0v) is 25.3. The van der Waals surface area contributed by atoms with Crippen molar-refractivity contribution in [1.29, 1.82) is 0 Å². The van der Waals surface area contributed by atoms with Crippen LogP contribution < -0.4 is 11.4 Å². The van der Waals surface area contributed by atoms with E-state index in [1.54, 1.807) is 105 Å². The molecule has 1 aliphatic rings. The lowest BCUT2D eigenvalue weighted by atomic mass is 10.1. The Morgan fingerprint density at radius 2 is 1.21 bits per heavy atom. The first-order valence-corrected chi connectivity index (χ1v) is 14.6. The lowest BCUT2D eigenvalue weighted by molar-refractivity contribution is -0.0622. The molecule has 1 aliphatic heterocycles. The summed E-state index contributed by atoms with van der Waals surface area (Å²) in [4.78, 5) is 66.3. The first-order valence-electron chi connectivity index (χ1n) is 14.6. The molecule has 6 rings (SSSR count). The summed E-state index contributed by atoms with van der Waals surface area (Å²) < 4.78 is 24.9. The molecular weight excluding hydrogens is 606 g/mol. The van der Waals surface area contributed by atoms with Crippen molar-refractivity contribution in [3.63, 3.8) is 0 Å². The van der Waals surface area contributed by atoms with Crippen molar-refractivity contribution in [2.45, 2.75) is 38.4 Å². The Labute approximate surface area is 267 Å². The normalized spacial score (nSPS) is 18.9. The van der Waals surface area contributed by atoms with Crippen molar-refractivity contribution in [2.24, 2.45) is 0 Å². The van der Waals surface area contributed by atoms with Gasteiger partial charge in [0.05, 0.1) is 28.1 Å². The van der Waals surface area contributed by atoms with Gasteiger partial charge >= 0.3 is 23.6 Å². The van der Waals surface area contributed by atoms with Gasteiger partial charge in [0.1, 0.15) is 18.2 Å². The SMILES string of the molecule is Cc1nc2c(N)nc(=O)n([C@@H]3O[C@H](COC(=O)c4ccccc4)[C@@H](OC(=O)c4ccccc4)[C@H]3OC(=O)c3ccccc3)c2nc1C. The number of aromatic nitrogens is 4. The molecular formula is C34H29N5O8. The van der Waals surface area contributed by atoms with Crippen molar-refractivity contribution < 1.29 is 33.3 Å². The molecule has 4 atom stereocenters. The number of nitrogen functional groups attached to an aromatic ring is 1. The standard InChI is InChI=1S/C34H29N5O8/c1-19-20(2)37-29-25(36-19)28(35)38-34(43)39(29)30-27(47-33(42)23-16-10-5-11-17-23)26(46-32(41)22-14-8-4-9-15-22)24(45-30)18-44-31(40)21-12-6-3-7-13-21/h3-17,24,26-27,30H,18H2,1-2H3,(H2,35,38,43)/t24-,26-,27-,30-/m1/s1. The minimum Gasteiger partial charge on any atom is -0.459 e. The van der Waals surface area contributed by atoms with Crippen LogP contribution in [-0.4, -0.2) is 62.3 Å². The summed E-state index contributed by atoms with van der Waals surface area (Å²) in [5, 5.41) is 0. The molecule has 2 aromatic heterocycles. The van der Waals surface area contributed by atoms with Crippen LogP contribution in [0.3, 0.4) is 0 Å².